The number of benzene rings is 1. The molecule has 0 saturated carbocycles. The minimum atomic E-state index is -3.91. The van der Waals surface area contributed by atoms with E-state index in [-0.39, 0.29) is 34.8 Å². The molecule has 0 fully saturated rings. The molecule has 164 valence electrons. The molecule has 0 atom stereocenters. The van der Waals surface area contributed by atoms with Crippen LogP contribution in [0.4, 0.5) is 4.39 Å². The first kappa shape index (κ1) is 22.5. The number of fused-ring (bicyclic) bond motifs is 1. The Morgan fingerprint density at radius 3 is 2.37 bits per heavy atom. The van der Waals surface area contributed by atoms with Crippen LogP contribution in [-0.4, -0.2) is 36.3 Å². The van der Waals surface area contributed by atoms with Gasteiger partial charge in [0, 0.05) is 19.4 Å². The summed E-state index contributed by atoms with van der Waals surface area (Å²) in [5.74, 6) is -1.17. The van der Waals surface area contributed by atoms with E-state index in [9.17, 15) is 17.6 Å². The van der Waals surface area contributed by atoms with Crippen molar-refractivity contribution in [2.24, 2.45) is 0 Å². The molecule has 3 rings (SSSR count). The van der Waals surface area contributed by atoms with Crippen LogP contribution in [0.15, 0.2) is 17.0 Å². The Kier molecular flexibility index (Phi) is 6.36. The predicted octanol–water partition coefficient (Wildman–Crippen LogP) is 3.95. The van der Waals surface area contributed by atoms with Gasteiger partial charge in [-0.3, -0.25) is 4.79 Å². The number of carbonyl (C=O) groups excluding carboxylic acids is 1. The smallest absolute Gasteiger partial charge is 0.231 e. The fourth-order valence-corrected chi connectivity index (χ4v) is 5.61. The number of rotatable bonds is 7. The van der Waals surface area contributed by atoms with Gasteiger partial charge in [-0.2, -0.15) is 5.10 Å². The van der Waals surface area contributed by atoms with E-state index in [2.05, 4.69) is 5.10 Å². The van der Waals surface area contributed by atoms with E-state index >= 15 is 0 Å². The molecule has 1 aliphatic rings. The van der Waals surface area contributed by atoms with Gasteiger partial charge in [0.15, 0.2) is 20.5 Å². The van der Waals surface area contributed by atoms with Gasteiger partial charge in [-0.25, -0.2) is 17.5 Å². The van der Waals surface area contributed by atoms with Gasteiger partial charge in [0.1, 0.15) is 11.6 Å². The molecule has 0 spiro atoms. The number of aryl methyl sites for hydroxylation is 2. The van der Waals surface area contributed by atoms with E-state index in [1.165, 1.54) is 12.1 Å². The molecule has 0 N–H and O–H groups in total. The zero-order chi connectivity index (χ0) is 22.2. The third kappa shape index (κ3) is 4.43. The summed E-state index contributed by atoms with van der Waals surface area (Å²) in [5.41, 5.74) is 2.55. The Labute approximate surface area is 177 Å². The lowest BCUT2D eigenvalue weighted by Gasteiger charge is -2.20. The molecule has 0 bridgehead atoms. The standard InChI is InChI=1S/C22H29FN2O4S/c1-13(2)18-9-16(23)10-19(14(3)4)20(18)11-17(26)12-30(27,28)21-15(5)24-25-7-6-8-29-22(21)25/h9-10,13-14H,6-8,11-12H2,1-5H3. The monoisotopic (exact) mass is 436 g/mol. The molecule has 0 radical (unpaired) electrons. The third-order valence-electron chi connectivity index (χ3n) is 5.34. The number of carbonyl (C=O) groups is 1. The molecule has 0 saturated heterocycles. The minimum Gasteiger partial charge on any atom is -0.477 e. The van der Waals surface area contributed by atoms with Crippen molar-refractivity contribution in [2.75, 3.05) is 12.4 Å². The Morgan fingerprint density at radius 1 is 1.20 bits per heavy atom. The second-order valence-corrected chi connectivity index (χ2v) is 10.4. The van der Waals surface area contributed by atoms with E-state index in [1.807, 2.05) is 27.7 Å². The highest BCUT2D eigenvalue weighted by Gasteiger charge is 2.32. The van der Waals surface area contributed by atoms with Crippen molar-refractivity contribution >= 4 is 15.6 Å². The number of hydrogen-bond donors (Lipinski definition) is 0. The van der Waals surface area contributed by atoms with Gasteiger partial charge in [-0.05, 0) is 47.6 Å². The van der Waals surface area contributed by atoms with Gasteiger partial charge in [0.25, 0.3) is 0 Å². The van der Waals surface area contributed by atoms with Crippen LogP contribution in [0, 0.1) is 12.7 Å². The lowest BCUT2D eigenvalue weighted by Crippen LogP contribution is -2.22. The Hall–Kier alpha value is -2.22. The van der Waals surface area contributed by atoms with Crippen LogP contribution in [0.2, 0.25) is 0 Å². The summed E-state index contributed by atoms with van der Waals surface area (Å²) in [6.07, 6.45) is 0.705. The number of nitrogens with zero attached hydrogens (tertiary/aromatic N) is 2. The summed E-state index contributed by atoms with van der Waals surface area (Å²) < 4.78 is 47.3. The summed E-state index contributed by atoms with van der Waals surface area (Å²) in [4.78, 5) is 12.9. The SMILES string of the molecule is Cc1nn2c(c1S(=O)(=O)CC(=O)Cc1c(C(C)C)cc(F)cc1C(C)C)OCCC2. The molecular weight excluding hydrogens is 407 g/mol. The first-order valence-electron chi connectivity index (χ1n) is 10.3. The molecule has 1 aromatic heterocycles. The maximum atomic E-state index is 14.1. The number of sulfone groups is 1. The number of halogens is 1. The quantitative estimate of drug-likeness (QED) is 0.657. The van der Waals surface area contributed by atoms with Crippen molar-refractivity contribution in [3.63, 3.8) is 0 Å². The number of ketones is 1. The van der Waals surface area contributed by atoms with Crippen LogP contribution in [0.3, 0.4) is 0 Å². The van der Waals surface area contributed by atoms with Gasteiger partial charge >= 0.3 is 0 Å². The third-order valence-corrected chi connectivity index (χ3v) is 7.14. The molecular formula is C22H29FN2O4S. The largest absolute Gasteiger partial charge is 0.477 e. The van der Waals surface area contributed by atoms with E-state index in [0.717, 1.165) is 23.1 Å². The maximum Gasteiger partial charge on any atom is 0.231 e. The first-order valence-corrected chi connectivity index (χ1v) is 11.9. The Bertz CT molecular complexity index is 1040. The number of hydrogen-bond acceptors (Lipinski definition) is 5. The van der Waals surface area contributed by atoms with Crippen LogP contribution in [0.25, 0.3) is 0 Å². The van der Waals surface area contributed by atoms with Crippen molar-refractivity contribution in [3.8, 4) is 5.88 Å². The summed E-state index contributed by atoms with van der Waals surface area (Å²) in [6, 6.07) is 2.89. The fraction of sp³-hybridized carbons (Fsp3) is 0.545. The van der Waals surface area contributed by atoms with Crippen molar-refractivity contribution in [1.82, 2.24) is 9.78 Å². The molecule has 6 nitrogen and oxygen atoms in total. The van der Waals surface area contributed by atoms with Crippen molar-refractivity contribution < 1.29 is 22.3 Å². The van der Waals surface area contributed by atoms with Crippen LogP contribution >= 0.6 is 0 Å². The zero-order valence-corrected chi connectivity index (χ0v) is 19.0. The topological polar surface area (TPSA) is 78.3 Å². The van der Waals surface area contributed by atoms with Gasteiger partial charge in [0.2, 0.25) is 5.88 Å². The van der Waals surface area contributed by atoms with E-state index in [0.29, 0.717) is 18.8 Å². The molecule has 2 heterocycles. The van der Waals surface area contributed by atoms with Crippen molar-refractivity contribution in [2.45, 2.75) is 70.7 Å². The molecule has 0 aliphatic carbocycles. The number of aromatic nitrogens is 2. The normalized spacial score (nSPS) is 14.1. The molecule has 0 amide bonds. The summed E-state index contributed by atoms with van der Waals surface area (Å²) in [7, 11) is -3.91. The number of ether oxygens (including phenoxy) is 1. The van der Waals surface area contributed by atoms with E-state index in [4.69, 9.17) is 4.74 Å². The van der Waals surface area contributed by atoms with E-state index < -0.39 is 21.4 Å². The van der Waals surface area contributed by atoms with Crippen molar-refractivity contribution in [1.29, 1.82) is 0 Å². The second kappa shape index (κ2) is 8.49. The average Bonchev–Trinajstić information content (AvgIpc) is 2.98. The second-order valence-electron chi connectivity index (χ2n) is 8.49. The predicted molar refractivity (Wildman–Crippen MR) is 112 cm³/mol. The van der Waals surface area contributed by atoms with Crippen LogP contribution < -0.4 is 4.74 Å². The van der Waals surface area contributed by atoms with Crippen LogP contribution in [0.1, 0.15) is 68.3 Å². The average molecular weight is 437 g/mol. The highest BCUT2D eigenvalue weighted by atomic mass is 32.2. The molecule has 1 aliphatic heterocycles. The fourth-order valence-electron chi connectivity index (χ4n) is 4.02. The van der Waals surface area contributed by atoms with Crippen LogP contribution in [-0.2, 0) is 27.6 Å². The Morgan fingerprint density at radius 2 is 1.80 bits per heavy atom. The van der Waals surface area contributed by atoms with Crippen molar-refractivity contribution in [3.05, 3.63) is 40.3 Å². The van der Waals surface area contributed by atoms with Gasteiger partial charge in [-0.1, -0.05) is 27.7 Å². The molecule has 2 aromatic rings. The highest BCUT2D eigenvalue weighted by Crippen LogP contribution is 2.32. The molecule has 8 heteroatoms. The summed E-state index contributed by atoms with van der Waals surface area (Å²) >= 11 is 0. The van der Waals surface area contributed by atoms with Crippen LogP contribution in [0.5, 0.6) is 5.88 Å². The Balaban J connectivity index is 1.92. The highest BCUT2D eigenvalue weighted by molar-refractivity contribution is 7.92. The lowest BCUT2D eigenvalue weighted by atomic mass is 9.86. The number of Topliss-reactive ketones (excluding diaryl/α,β-unsaturated/α-hetero) is 1. The zero-order valence-electron chi connectivity index (χ0n) is 18.2. The molecule has 1 aromatic carbocycles. The summed E-state index contributed by atoms with van der Waals surface area (Å²) in [6.45, 7) is 10.4. The van der Waals surface area contributed by atoms with Gasteiger partial charge < -0.3 is 4.74 Å². The van der Waals surface area contributed by atoms with E-state index in [1.54, 1.807) is 11.6 Å². The van der Waals surface area contributed by atoms with Gasteiger partial charge in [0.05, 0.1) is 12.3 Å². The lowest BCUT2D eigenvalue weighted by molar-refractivity contribution is -0.116. The first-order chi connectivity index (χ1) is 14.0. The summed E-state index contributed by atoms with van der Waals surface area (Å²) in [5, 5.41) is 4.25. The maximum absolute atomic E-state index is 14.1. The van der Waals surface area contributed by atoms with Gasteiger partial charge in [-0.15, -0.1) is 0 Å². The molecule has 30 heavy (non-hydrogen) atoms. The minimum absolute atomic E-state index is 0.00261. The molecule has 0 unspecified atom stereocenters.